The predicted molar refractivity (Wildman–Crippen MR) is 129 cm³/mol. The molecule has 0 spiro atoms. The molecule has 152 valence electrons. The van der Waals surface area contributed by atoms with Crippen molar-refractivity contribution in [3.05, 3.63) is 76.8 Å². The summed E-state index contributed by atoms with van der Waals surface area (Å²) < 4.78 is 2.51. The number of nitrogens with zero attached hydrogens (tertiary/aromatic N) is 3. The number of hydrogen-bond acceptors (Lipinski definition) is 4. The number of para-hydroxylation sites is 1. The lowest BCUT2D eigenvalue weighted by Crippen LogP contribution is -2.28. The van der Waals surface area contributed by atoms with Gasteiger partial charge in [-0.3, -0.25) is 9.69 Å². The van der Waals surface area contributed by atoms with E-state index in [1.165, 1.54) is 17.3 Å². The van der Waals surface area contributed by atoms with Gasteiger partial charge < -0.3 is 0 Å². The number of carbonyl (C=O) groups excluding carboxylic acids is 1. The van der Waals surface area contributed by atoms with Crippen LogP contribution in [0.4, 0.5) is 0 Å². The highest BCUT2D eigenvalue weighted by Crippen LogP contribution is 2.34. The van der Waals surface area contributed by atoms with Crippen LogP contribution in [0.2, 0.25) is 0 Å². The molecule has 1 saturated heterocycles. The zero-order valence-corrected chi connectivity index (χ0v) is 18.7. The Balaban J connectivity index is 1.75. The molecule has 6 heteroatoms. The highest BCUT2D eigenvalue weighted by Gasteiger charge is 2.31. The van der Waals surface area contributed by atoms with Gasteiger partial charge in [0.05, 0.1) is 22.0 Å². The molecule has 0 unspecified atom stereocenters. The molecule has 4 nitrogen and oxygen atoms in total. The van der Waals surface area contributed by atoms with Gasteiger partial charge in [-0.15, -0.1) is 0 Å². The molecule has 1 amide bonds. The summed E-state index contributed by atoms with van der Waals surface area (Å²) in [5.74, 6) is -0.0175. The fraction of sp³-hybridized carbons (Fsp3) is 0.208. The first-order chi connectivity index (χ1) is 14.6. The minimum atomic E-state index is -0.0175. The molecule has 0 radical (unpaired) electrons. The molecule has 1 aliphatic heterocycles. The number of benzene rings is 2. The second-order valence-corrected chi connectivity index (χ2v) is 8.93. The fourth-order valence-corrected chi connectivity index (χ4v) is 4.58. The van der Waals surface area contributed by atoms with Crippen molar-refractivity contribution < 1.29 is 4.79 Å². The van der Waals surface area contributed by atoms with Gasteiger partial charge in [0.15, 0.2) is 0 Å². The van der Waals surface area contributed by atoms with Gasteiger partial charge in [0.2, 0.25) is 0 Å². The number of unbranched alkanes of at least 4 members (excludes halogenated alkanes) is 1. The second-order valence-electron chi connectivity index (χ2n) is 7.25. The summed E-state index contributed by atoms with van der Waals surface area (Å²) in [6.45, 7) is 4.85. The molecule has 0 aliphatic carbocycles. The Morgan fingerprint density at radius 2 is 1.83 bits per heavy atom. The Morgan fingerprint density at radius 3 is 2.53 bits per heavy atom. The second kappa shape index (κ2) is 8.98. The smallest absolute Gasteiger partial charge is 0.266 e. The van der Waals surface area contributed by atoms with Crippen molar-refractivity contribution >= 4 is 40.3 Å². The largest absolute Gasteiger partial charge is 0.293 e. The number of aromatic nitrogens is 2. The van der Waals surface area contributed by atoms with Crippen LogP contribution < -0.4 is 0 Å². The van der Waals surface area contributed by atoms with Gasteiger partial charge in [-0.25, -0.2) is 4.68 Å². The van der Waals surface area contributed by atoms with E-state index in [1.807, 2.05) is 47.2 Å². The van der Waals surface area contributed by atoms with E-state index in [1.54, 1.807) is 4.90 Å². The van der Waals surface area contributed by atoms with Gasteiger partial charge in [-0.05, 0) is 37.6 Å². The first kappa shape index (κ1) is 20.6. The topological polar surface area (TPSA) is 38.1 Å². The minimum absolute atomic E-state index is 0.0175. The van der Waals surface area contributed by atoms with Crippen LogP contribution in [0, 0.1) is 6.92 Å². The van der Waals surface area contributed by atoms with E-state index in [-0.39, 0.29) is 5.91 Å². The van der Waals surface area contributed by atoms with E-state index >= 15 is 0 Å². The molecule has 0 N–H and O–H groups in total. The number of hydrogen-bond donors (Lipinski definition) is 0. The monoisotopic (exact) mass is 433 g/mol. The first-order valence-electron chi connectivity index (χ1n) is 10.0. The van der Waals surface area contributed by atoms with Crippen LogP contribution in [0.5, 0.6) is 0 Å². The molecule has 0 atom stereocenters. The molecule has 30 heavy (non-hydrogen) atoms. The first-order valence-corrected chi connectivity index (χ1v) is 11.3. The lowest BCUT2D eigenvalue weighted by Gasteiger charge is -2.13. The minimum Gasteiger partial charge on any atom is -0.293 e. The van der Waals surface area contributed by atoms with Crippen molar-refractivity contribution in [2.24, 2.45) is 0 Å². The Bertz CT molecular complexity index is 1100. The van der Waals surface area contributed by atoms with Crippen LogP contribution >= 0.6 is 24.0 Å². The maximum absolute atomic E-state index is 12.9. The highest BCUT2D eigenvalue weighted by atomic mass is 32.2. The quantitative estimate of drug-likeness (QED) is 0.361. The van der Waals surface area contributed by atoms with Crippen molar-refractivity contribution in [3.8, 4) is 16.9 Å². The molecule has 4 rings (SSSR count). The number of thioether (sulfide) groups is 1. The van der Waals surface area contributed by atoms with E-state index in [9.17, 15) is 4.79 Å². The number of carbonyl (C=O) groups is 1. The molecule has 3 aromatic rings. The molecule has 1 aliphatic rings. The van der Waals surface area contributed by atoms with E-state index in [0.29, 0.717) is 15.8 Å². The van der Waals surface area contributed by atoms with Crippen molar-refractivity contribution in [1.29, 1.82) is 0 Å². The molecular formula is C24H23N3OS2. The summed E-state index contributed by atoms with van der Waals surface area (Å²) in [7, 11) is 0. The van der Waals surface area contributed by atoms with Gasteiger partial charge >= 0.3 is 0 Å². The normalized spacial score (nSPS) is 15.4. The van der Waals surface area contributed by atoms with Gasteiger partial charge in [0.25, 0.3) is 5.91 Å². The van der Waals surface area contributed by atoms with Crippen molar-refractivity contribution in [3.63, 3.8) is 0 Å². The van der Waals surface area contributed by atoms with Crippen LogP contribution in [-0.4, -0.2) is 31.5 Å². The number of aryl methyl sites for hydroxylation is 1. The van der Waals surface area contributed by atoms with Crippen LogP contribution in [-0.2, 0) is 4.79 Å². The molecule has 1 fully saturated rings. The zero-order valence-electron chi connectivity index (χ0n) is 17.0. The Morgan fingerprint density at radius 1 is 1.10 bits per heavy atom. The maximum Gasteiger partial charge on any atom is 0.266 e. The van der Waals surface area contributed by atoms with E-state index in [2.05, 4.69) is 38.1 Å². The summed E-state index contributed by atoms with van der Waals surface area (Å²) >= 11 is 6.82. The Hall–Kier alpha value is -2.70. The number of rotatable bonds is 6. The third-order valence-electron chi connectivity index (χ3n) is 4.97. The fourth-order valence-electron chi connectivity index (χ4n) is 3.28. The molecular weight excluding hydrogens is 410 g/mol. The van der Waals surface area contributed by atoms with Crippen LogP contribution in [0.1, 0.15) is 31.0 Å². The van der Waals surface area contributed by atoms with Gasteiger partial charge in [0.1, 0.15) is 4.32 Å². The molecule has 0 saturated carbocycles. The molecule has 0 bridgehead atoms. The SMILES string of the molecule is CCCCN1C(=O)/C(=C\c2cc(-c3ccc(C)cc3)nn2-c2ccccc2)SC1=S. The van der Waals surface area contributed by atoms with E-state index in [0.717, 1.165) is 35.5 Å². The summed E-state index contributed by atoms with van der Waals surface area (Å²) in [6.07, 6.45) is 3.87. The standard InChI is InChI=1S/C24H23N3OS2/c1-3-4-14-26-23(28)22(30-24(26)29)16-20-15-21(18-12-10-17(2)11-13-18)25-27(20)19-8-6-5-7-9-19/h5-13,15-16H,3-4,14H2,1-2H3/b22-16+. The third-order valence-corrected chi connectivity index (χ3v) is 6.35. The third kappa shape index (κ3) is 4.25. The lowest BCUT2D eigenvalue weighted by atomic mass is 10.1. The van der Waals surface area contributed by atoms with Crippen molar-refractivity contribution in [2.75, 3.05) is 6.54 Å². The summed E-state index contributed by atoms with van der Waals surface area (Å²) in [5.41, 5.74) is 4.92. The lowest BCUT2D eigenvalue weighted by molar-refractivity contribution is -0.122. The average Bonchev–Trinajstić information content (AvgIpc) is 3.29. The van der Waals surface area contributed by atoms with Crippen LogP contribution in [0.15, 0.2) is 65.6 Å². The van der Waals surface area contributed by atoms with E-state index < -0.39 is 0 Å². The highest BCUT2D eigenvalue weighted by molar-refractivity contribution is 8.26. The number of thiocarbonyl (C=S) groups is 1. The predicted octanol–water partition coefficient (Wildman–Crippen LogP) is 5.85. The average molecular weight is 434 g/mol. The van der Waals surface area contributed by atoms with Gasteiger partial charge in [-0.1, -0.05) is 85.4 Å². The van der Waals surface area contributed by atoms with Crippen molar-refractivity contribution in [2.45, 2.75) is 26.7 Å². The Kier molecular flexibility index (Phi) is 6.16. The molecule has 2 heterocycles. The molecule has 2 aromatic carbocycles. The summed E-state index contributed by atoms with van der Waals surface area (Å²) in [5, 5.41) is 4.84. The van der Waals surface area contributed by atoms with Gasteiger partial charge in [-0.2, -0.15) is 5.10 Å². The number of amides is 1. The van der Waals surface area contributed by atoms with Crippen LogP contribution in [0.25, 0.3) is 23.0 Å². The summed E-state index contributed by atoms with van der Waals surface area (Å²) in [4.78, 5) is 15.3. The van der Waals surface area contributed by atoms with Crippen molar-refractivity contribution in [1.82, 2.24) is 14.7 Å². The maximum atomic E-state index is 12.9. The van der Waals surface area contributed by atoms with Gasteiger partial charge in [0, 0.05) is 12.1 Å². The molecule has 1 aromatic heterocycles. The van der Waals surface area contributed by atoms with Crippen LogP contribution in [0.3, 0.4) is 0 Å². The van der Waals surface area contributed by atoms with E-state index in [4.69, 9.17) is 17.3 Å². The summed E-state index contributed by atoms with van der Waals surface area (Å²) in [6, 6.07) is 20.3. The Labute approximate surface area is 186 Å². The zero-order chi connectivity index (χ0) is 21.1.